The van der Waals surface area contributed by atoms with E-state index in [9.17, 15) is 18.3 Å². The molecule has 1 amide bonds. The maximum Gasteiger partial charge on any atom is 0.287 e. The molecular formula is C19H20ClN5O4S. The summed E-state index contributed by atoms with van der Waals surface area (Å²) in [6, 6.07) is 7.46. The number of guanidine groups is 1. The number of rotatable bonds is 2. The van der Waals surface area contributed by atoms with Gasteiger partial charge in [0.15, 0.2) is 0 Å². The number of benzene rings is 2. The monoisotopic (exact) mass is 449 g/mol. The molecule has 2 aromatic rings. The number of amides is 1. The summed E-state index contributed by atoms with van der Waals surface area (Å²) in [5.74, 6) is -0.473. The van der Waals surface area contributed by atoms with E-state index in [-0.39, 0.29) is 33.2 Å². The second kappa shape index (κ2) is 7.46. The highest BCUT2D eigenvalue weighted by molar-refractivity contribution is 7.90. The molecule has 0 bridgehead atoms. The van der Waals surface area contributed by atoms with Gasteiger partial charge in [-0.1, -0.05) is 17.7 Å². The molecule has 2 aliphatic rings. The first-order valence-electron chi connectivity index (χ1n) is 9.22. The van der Waals surface area contributed by atoms with Gasteiger partial charge in [-0.15, -0.1) is 4.40 Å². The number of fused-ring (bicyclic) bond motifs is 2. The molecule has 0 saturated carbocycles. The van der Waals surface area contributed by atoms with Gasteiger partial charge in [-0.2, -0.15) is 8.42 Å². The predicted molar refractivity (Wildman–Crippen MR) is 114 cm³/mol. The molecule has 2 aromatic carbocycles. The number of hydrogen-bond donors (Lipinski definition) is 4. The van der Waals surface area contributed by atoms with Gasteiger partial charge in [-0.05, 0) is 42.7 Å². The highest BCUT2D eigenvalue weighted by atomic mass is 35.5. The highest BCUT2D eigenvalue weighted by Crippen LogP contribution is 2.37. The van der Waals surface area contributed by atoms with Crippen LogP contribution in [0.15, 0.2) is 39.6 Å². The number of nitrogens with zero attached hydrogens (tertiary/aromatic N) is 2. The first kappa shape index (κ1) is 20.5. The maximum absolute atomic E-state index is 12.5. The van der Waals surface area contributed by atoms with E-state index in [2.05, 4.69) is 15.0 Å². The molecule has 2 aliphatic heterocycles. The van der Waals surface area contributed by atoms with Crippen molar-refractivity contribution in [2.75, 3.05) is 17.2 Å². The van der Waals surface area contributed by atoms with Crippen molar-refractivity contribution in [1.29, 1.82) is 0 Å². The first-order chi connectivity index (χ1) is 14.1. The molecule has 0 unspecified atom stereocenters. The van der Waals surface area contributed by atoms with Gasteiger partial charge in [-0.25, -0.2) is 0 Å². The van der Waals surface area contributed by atoms with Crippen molar-refractivity contribution in [3.05, 3.63) is 46.5 Å². The van der Waals surface area contributed by atoms with Crippen molar-refractivity contribution < 1.29 is 18.3 Å². The molecule has 1 atom stereocenters. The molecule has 158 valence electrons. The number of anilines is 2. The maximum atomic E-state index is 12.5. The Balaban J connectivity index is 1.60. The number of carbonyl (C=O) groups is 1. The third kappa shape index (κ3) is 3.81. The number of sulfonamides is 1. The third-order valence-corrected chi connectivity index (χ3v) is 6.48. The van der Waals surface area contributed by atoms with E-state index in [1.165, 1.54) is 12.1 Å². The van der Waals surface area contributed by atoms with Gasteiger partial charge >= 0.3 is 0 Å². The Morgan fingerprint density at radius 3 is 2.83 bits per heavy atom. The minimum atomic E-state index is -4.05. The quantitative estimate of drug-likeness (QED) is 0.513. The lowest BCUT2D eigenvalue weighted by Gasteiger charge is -2.30. The van der Waals surface area contributed by atoms with E-state index >= 15 is 0 Å². The fourth-order valence-corrected chi connectivity index (χ4v) is 4.91. The average molecular weight is 450 g/mol. The molecule has 2 heterocycles. The van der Waals surface area contributed by atoms with Crippen molar-refractivity contribution in [2.45, 2.75) is 30.8 Å². The molecule has 4 rings (SSSR count). The molecule has 0 aliphatic carbocycles. The van der Waals surface area contributed by atoms with Crippen LogP contribution in [0, 0.1) is 0 Å². The summed E-state index contributed by atoms with van der Waals surface area (Å²) < 4.78 is 28.7. The first-order valence-corrected chi connectivity index (χ1v) is 11.0. The average Bonchev–Trinajstić information content (AvgIpc) is 2.67. The number of phenols is 1. The number of aromatic hydroxyl groups is 1. The summed E-state index contributed by atoms with van der Waals surface area (Å²) in [5, 5.41) is 15.9. The zero-order valence-corrected chi connectivity index (χ0v) is 17.6. The van der Waals surface area contributed by atoms with Crippen LogP contribution < -0.4 is 16.4 Å². The van der Waals surface area contributed by atoms with Gasteiger partial charge in [0.1, 0.15) is 16.3 Å². The fourth-order valence-electron chi connectivity index (χ4n) is 3.51. The minimum Gasteiger partial charge on any atom is -0.506 e. The van der Waals surface area contributed by atoms with Gasteiger partial charge in [0.25, 0.3) is 10.0 Å². The predicted octanol–water partition coefficient (Wildman–Crippen LogP) is 1.86. The fraction of sp³-hybridized carbons (Fsp3) is 0.263. The van der Waals surface area contributed by atoms with Crippen LogP contribution in [0.4, 0.5) is 11.4 Å². The number of halogens is 1. The Kier molecular flexibility index (Phi) is 5.08. The molecule has 0 fully saturated rings. The number of nitrogens with one attached hydrogen (secondary N) is 2. The molecule has 11 heteroatoms. The molecule has 30 heavy (non-hydrogen) atoms. The number of nitrogens with two attached hydrogens (primary N) is 1. The largest absolute Gasteiger partial charge is 0.506 e. The van der Waals surface area contributed by atoms with Crippen molar-refractivity contribution in [3.63, 3.8) is 0 Å². The van der Waals surface area contributed by atoms with Crippen molar-refractivity contribution in [2.24, 2.45) is 10.1 Å². The Labute approximate surface area is 178 Å². The van der Waals surface area contributed by atoms with Crippen LogP contribution in [0.5, 0.6) is 5.75 Å². The summed E-state index contributed by atoms with van der Waals surface area (Å²) in [5.41, 5.74) is 8.35. The van der Waals surface area contributed by atoms with Crippen LogP contribution >= 0.6 is 11.6 Å². The highest BCUT2D eigenvalue weighted by Gasteiger charge is 2.28. The standard InChI is InChI=1S/C19H20ClN5O4S/c1-10(21)18(27)25-5-4-11-2-3-14(6-12(11)9-25)22-19-23-17-15(26)7-13(20)8-16(17)30(28,29)24-19/h2-3,6-8,10,26H,4-5,9,21H2,1H3,(H2,22,23,24)/t10-/m0/s1. The zero-order chi connectivity index (χ0) is 21.6. The second-order valence-corrected chi connectivity index (χ2v) is 9.25. The van der Waals surface area contributed by atoms with Gasteiger partial charge in [0.05, 0.1) is 6.04 Å². The summed E-state index contributed by atoms with van der Waals surface area (Å²) in [6.07, 6.45) is 0.712. The summed E-state index contributed by atoms with van der Waals surface area (Å²) >= 11 is 5.84. The van der Waals surface area contributed by atoms with E-state index in [4.69, 9.17) is 17.3 Å². The number of hydrogen-bond acceptors (Lipinski definition) is 7. The molecule has 0 spiro atoms. The molecule has 9 nitrogen and oxygen atoms in total. The van der Waals surface area contributed by atoms with E-state index in [1.807, 2.05) is 12.1 Å². The van der Waals surface area contributed by atoms with Gasteiger partial charge in [-0.3, -0.25) is 4.79 Å². The minimum absolute atomic E-state index is 0.00330. The molecular weight excluding hydrogens is 430 g/mol. The summed E-state index contributed by atoms with van der Waals surface area (Å²) in [4.78, 5) is 13.7. The smallest absolute Gasteiger partial charge is 0.287 e. The van der Waals surface area contributed by atoms with E-state index in [0.29, 0.717) is 25.2 Å². The van der Waals surface area contributed by atoms with Crippen molar-refractivity contribution in [3.8, 4) is 5.75 Å². The van der Waals surface area contributed by atoms with Crippen molar-refractivity contribution in [1.82, 2.24) is 4.90 Å². The molecule has 5 N–H and O–H groups in total. The number of phenolic OH excluding ortho intramolecular Hbond substituents is 1. The molecule has 0 radical (unpaired) electrons. The topological polar surface area (TPSA) is 137 Å². The number of carbonyl (C=O) groups excluding carboxylic acids is 1. The van der Waals surface area contributed by atoms with E-state index in [1.54, 1.807) is 17.9 Å². The molecule has 0 aromatic heterocycles. The van der Waals surface area contributed by atoms with Crippen LogP contribution in [0.2, 0.25) is 5.02 Å². The lowest BCUT2D eigenvalue weighted by Crippen LogP contribution is -2.44. The van der Waals surface area contributed by atoms with E-state index < -0.39 is 16.1 Å². The van der Waals surface area contributed by atoms with Crippen LogP contribution in [-0.2, 0) is 27.8 Å². The summed E-state index contributed by atoms with van der Waals surface area (Å²) in [6.45, 7) is 2.68. The Morgan fingerprint density at radius 2 is 2.10 bits per heavy atom. The normalized spacial score (nSPS) is 17.8. The van der Waals surface area contributed by atoms with Crippen LogP contribution in [0.1, 0.15) is 18.1 Å². The van der Waals surface area contributed by atoms with Gasteiger partial charge < -0.3 is 26.4 Å². The Bertz CT molecular complexity index is 1180. The Hall–Kier alpha value is -2.82. The zero-order valence-electron chi connectivity index (χ0n) is 16.0. The van der Waals surface area contributed by atoms with Crippen LogP contribution in [0.3, 0.4) is 0 Å². The van der Waals surface area contributed by atoms with Crippen LogP contribution in [0.25, 0.3) is 0 Å². The lowest BCUT2D eigenvalue weighted by molar-refractivity contribution is -0.133. The van der Waals surface area contributed by atoms with Gasteiger partial charge in [0, 0.05) is 29.9 Å². The van der Waals surface area contributed by atoms with Crippen LogP contribution in [-0.4, -0.2) is 42.9 Å². The summed E-state index contributed by atoms with van der Waals surface area (Å²) in [7, 11) is -4.05. The lowest BCUT2D eigenvalue weighted by atomic mass is 9.98. The van der Waals surface area contributed by atoms with Gasteiger partial charge in [0.2, 0.25) is 11.9 Å². The molecule has 0 saturated heterocycles. The Morgan fingerprint density at radius 1 is 1.33 bits per heavy atom. The third-order valence-electron chi connectivity index (χ3n) is 4.96. The van der Waals surface area contributed by atoms with Crippen molar-refractivity contribution >= 4 is 44.9 Å². The van der Waals surface area contributed by atoms with E-state index in [0.717, 1.165) is 11.1 Å². The second-order valence-electron chi connectivity index (χ2n) is 7.24. The SMILES string of the molecule is C[C@H](N)C(=O)N1CCc2ccc(NC3=NS(=O)(=O)c4cc(Cl)cc(O)c4N3)cc2C1.